The first-order valence-corrected chi connectivity index (χ1v) is 7.98. The van der Waals surface area contributed by atoms with Crippen molar-refractivity contribution in [1.82, 2.24) is 15.2 Å². The second-order valence-corrected chi connectivity index (χ2v) is 5.93. The summed E-state index contributed by atoms with van der Waals surface area (Å²) in [7, 11) is 0. The Morgan fingerprint density at radius 2 is 1.87 bits per heavy atom. The average Bonchev–Trinajstić information content (AvgIpc) is 3.03. The molecule has 23 heavy (non-hydrogen) atoms. The summed E-state index contributed by atoms with van der Waals surface area (Å²) in [5, 5.41) is 17.3. The molecule has 0 spiro atoms. The minimum Gasteiger partial charge on any atom is -0.329 e. The maximum Gasteiger partial charge on any atom is 0.227 e. The molecule has 0 amide bonds. The highest BCUT2D eigenvalue weighted by molar-refractivity contribution is 7.19. The summed E-state index contributed by atoms with van der Waals surface area (Å²) in [6.45, 7) is 1.87. The minimum atomic E-state index is 0.579. The van der Waals surface area contributed by atoms with Crippen LogP contribution in [0.1, 0.15) is 12.6 Å². The molecule has 0 fully saturated rings. The third kappa shape index (κ3) is 4.02. The van der Waals surface area contributed by atoms with E-state index >= 15 is 0 Å². The van der Waals surface area contributed by atoms with Gasteiger partial charge >= 0.3 is 0 Å². The molecular weight excluding hydrogens is 332 g/mol. The lowest BCUT2D eigenvalue weighted by molar-refractivity contribution is 1.08. The molecule has 1 aromatic carbocycles. The lowest BCUT2D eigenvalue weighted by Crippen LogP contribution is -2.01. The smallest absolute Gasteiger partial charge is 0.227 e. The van der Waals surface area contributed by atoms with Crippen molar-refractivity contribution in [1.29, 1.82) is 0 Å². The maximum absolute atomic E-state index is 6.10. The molecule has 0 aliphatic heterocycles. The van der Waals surface area contributed by atoms with Crippen molar-refractivity contribution >= 4 is 44.6 Å². The van der Waals surface area contributed by atoms with Gasteiger partial charge in [-0.1, -0.05) is 41.1 Å². The summed E-state index contributed by atoms with van der Waals surface area (Å²) in [5.74, 6) is 0. The first kappa shape index (κ1) is 15.4. The highest BCUT2D eigenvalue weighted by Crippen LogP contribution is 2.28. The van der Waals surface area contributed by atoms with Crippen molar-refractivity contribution in [3.63, 3.8) is 0 Å². The molecule has 0 aliphatic rings. The van der Waals surface area contributed by atoms with Gasteiger partial charge in [-0.25, -0.2) is 0 Å². The summed E-state index contributed by atoms with van der Waals surface area (Å²) < 4.78 is 0. The van der Waals surface area contributed by atoms with Gasteiger partial charge in [-0.15, -0.1) is 10.2 Å². The number of hydrazone groups is 1. The van der Waals surface area contributed by atoms with Crippen LogP contribution in [0.2, 0.25) is 5.02 Å². The lowest BCUT2D eigenvalue weighted by atomic mass is 10.3. The maximum atomic E-state index is 6.10. The van der Waals surface area contributed by atoms with Crippen LogP contribution < -0.4 is 10.7 Å². The number of halogens is 1. The summed E-state index contributed by atoms with van der Waals surface area (Å²) in [5.41, 5.74) is 5.24. The highest BCUT2D eigenvalue weighted by Gasteiger charge is 2.06. The van der Waals surface area contributed by atoms with E-state index in [-0.39, 0.29) is 0 Å². The van der Waals surface area contributed by atoms with Crippen LogP contribution in [0.25, 0.3) is 0 Å². The van der Waals surface area contributed by atoms with Gasteiger partial charge in [-0.3, -0.25) is 10.4 Å². The molecule has 0 radical (unpaired) electrons. The second kappa shape index (κ2) is 7.17. The summed E-state index contributed by atoms with van der Waals surface area (Å²) >= 11 is 7.44. The van der Waals surface area contributed by atoms with Gasteiger partial charge in [0.25, 0.3) is 0 Å². The predicted molar refractivity (Wildman–Crippen MR) is 94.7 cm³/mol. The number of anilines is 3. The van der Waals surface area contributed by atoms with Crippen LogP contribution in [0, 0.1) is 0 Å². The largest absolute Gasteiger partial charge is 0.329 e. The topological polar surface area (TPSA) is 75.1 Å². The number of para-hydroxylation sites is 1. The minimum absolute atomic E-state index is 0.579. The van der Waals surface area contributed by atoms with Gasteiger partial charge in [0.1, 0.15) is 0 Å². The van der Waals surface area contributed by atoms with Gasteiger partial charge in [0, 0.05) is 6.20 Å². The van der Waals surface area contributed by atoms with Crippen LogP contribution >= 0.6 is 22.9 Å². The summed E-state index contributed by atoms with van der Waals surface area (Å²) in [4.78, 5) is 4.23. The van der Waals surface area contributed by atoms with E-state index in [0.29, 0.717) is 15.3 Å². The first-order valence-electron chi connectivity index (χ1n) is 6.79. The van der Waals surface area contributed by atoms with Gasteiger partial charge < -0.3 is 5.32 Å². The van der Waals surface area contributed by atoms with Crippen molar-refractivity contribution in [3.05, 3.63) is 59.4 Å². The zero-order valence-corrected chi connectivity index (χ0v) is 13.8. The number of aromatic nitrogens is 3. The van der Waals surface area contributed by atoms with Gasteiger partial charge in [-0.2, -0.15) is 5.10 Å². The van der Waals surface area contributed by atoms with Gasteiger partial charge in [0.15, 0.2) is 0 Å². The zero-order chi connectivity index (χ0) is 16.1. The van der Waals surface area contributed by atoms with E-state index in [1.807, 2.05) is 49.4 Å². The molecular formula is C15H13ClN6S. The summed E-state index contributed by atoms with van der Waals surface area (Å²) in [6, 6.07) is 13.1. The third-order valence-corrected chi connectivity index (χ3v) is 3.97. The molecule has 2 aromatic heterocycles. The Morgan fingerprint density at radius 1 is 1.09 bits per heavy atom. The van der Waals surface area contributed by atoms with Crippen molar-refractivity contribution in [2.75, 3.05) is 10.7 Å². The molecule has 0 saturated heterocycles. The van der Waals surface area contributed by atoms with Crippen LogP contribution in [0.3, 0.4) is 0 Å². The quantitative estimate of drug-likeness (QED) is 0.536. The number of nitrogens with zero attached hydrogens (tertiary/aromatic N) is 4. The van der Waals surface area contributed by atoms with Gasteiger partial charge in [0.2, 0.25) is 10.3 Å². The number of nitrogens with one attached hydrogen (secondary N) is 2. The molecule has 3 aromatic rings. The summed E-state index contributed by atoms with van der Waals surface area (Å²) in [6.07, 6.45) is 1.73. The van der Waals surface area contributed by atoms with E-state index in [1.54, 1.807) is 6.20 Å². The molecule has 0 atom stereocenters. The fourth-order valence-corrected chi connectivity index (χ4v) is 2.54. The van der Waals surface area contributed by atoms with E-state index in [1.165, 1.54) is 11.3 Å². The molecule has 0 aliphatic carbocycles. The Labute approximate surface area is 142 Å². The highest BCUT2D eigenvalue weighted by atomic mass is 35.5. The monoisotopic (exact) mass is 344 g/mol. The number of benzene rings is 1. The number of hydrogen-bond donors (Lipinski definition) is 2. The molecule has 2 heterocycles. The second-order valence-electron chi connectivity index (χ2n) is 4.54. The van der Waals surface area contributed by atoms with Crippen LogP contribution in [0.15, 0.2) is 53.8 Å². The zero-order valence-electron chi connectivity index (χ0n) is 12.2. The van der Waals surface area contributed by atoms with Gasteiger partial charge in [0.05, 0.1) is 22.1 Å². The van der Waals surface area contributed by atoms with Gasteiger partial charge in [-0.05, 0) is 31.2 Å². The van der Waals surface area contributed by atoms with Crippen molar-refractivity contribution in [3.8, 4) is 0 Å². The van der Waals surface area contributed by atoms with Crippen LogP contribution in [-0.4, -0.2) is 20.9 Å². The molecule has 0 unspecified atom stereocenters. The molecule has 0 bridgehead atoms. The fourth-order valence-electron chi connectivity index (χ4n) is 1.76. The van der Waals surface area contributed by atoms with E-state index in [4.69, 9.17) is 11.6 Å². The fraction of sp³-hybridized carbons (Fsp3) is 0.0667. The SMILES string of the molecule is C/C(=N\Nc1nnc(Nc2ccccc2Cl)s1)c1ccccn1. The standard InChI is InChI=1S/C15H13ClN6S/c1-10(12-7-4-5-9-17-12)19-21-15-22-20-14(23-15)18-13-8-3-2-6-11(13)16/h2-9H,1H3,(H,18,20)(H,21,22)/b19-10+. The van der Waals surface area contributed by atoms with E-state index in [2.05, 4.69) is 31.0 Å². The number of hydrogen-bond acceptors (Lipinski definition) is 7. The Hall–Kier alpha value is -2.51. The number of pyridine rings is 1. The van der Waals surface area contributed by atoms with Crippen LogP contribution in [0.4, 0.5) is 16.0 Å². The van der Waals surface area contributed by atoms with Crippen LogP contribution in [0.5, 0.6) is 0 Å². The Morgan fingerprint density at radius 3 is 2.65 bits per heavy atom. The molecule has 0 saturated carbocycles. The van der Waals surface area contributed by atoms with E-state index < -0.39 is 0 Å². The number of rotatable bonds is 5. The molecule has 116 valence electrons. The molecule has 8 heteroatoms. The van der Waals surface area contributed by atoms with Crippen LogP contribution in [-0.2, 0) is 0 Å². The van der Waals surface area contributed by atoms with Crippen molar-refractivity contribution in [2.45, 2.75) is 6.92 Å². The average molecular weight is 345 g/mol. The van der Waals surface area contributed by atoms with E-state index in [0.717, 1.165) is 17.1 Å². The predicted octanol–water partition coefficient (Wildman–Crippen LogP) is 4.17. The molecule has 2 N–H and O–H groups in total. The normalized spacial score (nSPS) is 11.3. The van der Waals surface area contributed by atoms with Crippen molar-refractivity contribution in [2.24, 2.45) is 5.10 Å². The third-order valence-electron chi connectivity index (χ3n) is 2.90. The molecule has 3 rings (SSSR count). The Kier molecular flexibility index (Phi) is 4.80. The van der Waals surface area contributed by atoms with Crippen molar-refractivity contribution < 1.29 is 0 Å². The Balaban J connectivity index is 1.67. The molecule has 6 nitrogen and oxygen atoms in total. The lowest BCUT2D eigenvalue weighted by Gasteiger charge is -2.03. The Bertz CT molecular complexity index is 818. The first-order chi connectivity index (χ1) is 11.2. The van der Waals surface area contributed by atoms with E-state index in [9.17, 15) is 0 Å².